The van der Waals surface area contributed by atoms with Crippen LogP contribution in [0.3, 0.4) is 0 Å². The zero-order valence-electron chi connectivity index (χ0n) is 11.5. The molecule has 1 aromatic heterocycles. The maximum Gasteiger partial charge on any atom is 0.255 e. The Bertz CT molecular complexity index is 651. The summed E-state index contributed by atoms with van der Waals surface area (Å²) in [6, 6.07) is 6.86. The second-order valence-corrected chi connectivity index (χ2v) is 7.10. The van der Waals surface area contributed by atoms with Crippen LogP contribution in [-0.2, 0) is 0 Å². The first-order chi connectivity index (χ1) is 9.38. The Morgan fingerprint density at radius 1 is 1.35 bits per heavy atom. The van der Waals surface area contributed by atoms with Gasteiger partial charge in [-0.15, -0.1) is 11.3 Å². The summed E-state index contributed by atoms with van der Waals surface area (Å²) >= 11 is 4.97. The molecule has 1 unspecified atom stereocenters. The van der Waals surface area contributed by atoms with Crippen LogP contribution in [0.2, 0.25) is 0 Å². The second-order valence-electron chi connectivity index (χ2n) is 4.73. The van der Waals surface area contributed by atoms with E-state index in [-0.39, 0.29) is 23.3 Å². The Labute approximate surface area is 130 Å². The SMILES string of the molecule is Cc1cc(C(C)NC(=O)c2ccc(Br)cc2O)c(C)s1. The van der Waals surface area contributed by atoms with Crippen molar-refractivity contribution in [3.63, 3.8) is 0 Å². The van der Waals surface area contributed by atoms with E-state index >= 15 is 0 Å². The van der Waals surface area contributed by atoms with Crippen molar-refractivity contribution in [2.45, 2.75) is 26.8 Å². The Hall–Kier alpha value is -1.33. The minimum atomic E-state index is -0.272. The molecule has 2 N–H and O–H groups in total. The standard InChI is InChI=1S/C15H16BrNO2S/c1-8-6-13(10(3)20-8)9(2)17-15(19)12-5-4-11(16)7-14(12)18/h4-7,9,18H,1-3H3,(H,17,19). The largest absolute Gasteiger partial charge is 0.507 e. The molecule has 0 saturated heterocycles. The van der Waals surface area contributed by atoms with Crippen molar-refractivity contribution in [2.75, 3.05) is 0 Å². The highest BCUT2D eigenvalue weighted by Crippen LogP contribution is 2.27. The van der Waals surface area contributed by atoms with Crippen LogP contribution in [0, 0.1) is 13.8 Å². The lowest BCUT2D eigenvalue weighted by atomic mass is 10.1. The van der Waals surface area contributed by atoms with Crippen LogP contribution in [0.15, 0.2) is 28.7 Å². The quantitative estimate of drug-likeness (QED) is 0.862. The Kier molecular flexibility index (Phi) is 4.50. The second kappa shape index (κ2) is 5.97. The molecular formula is C15H16BrNO2S. The van der Waals surface area contributed by atoms with Gasteiger partial charge in [0, 0.05) is 14.2 Å². The number of aromatic hydroxyl groups is 1. The number of nitrogens with one attached hydrogen (secondary N) is 1. The van der Waals surface area contributed by atoms with Gasteiger partial charge in [0.05, 0.1) is 11.6 Å². The molecule has 1 atom stereocenters. The Morgan fingerprint density at radius 3 is 2.60 bits per heavy atom. The fraction of sp³-hybridized carbons (Fsp3) is 0.267. The lowest BCUT2D eigenvalue weighted by Gasteiger charge is -2.14. The van der Waals surface area contributed by atoms with E-state index < -0.39 is 0 Å². The molecule has 3 nitrogen and oxygen atoms in total. The van der Waals surface area contributed by atoms with Gasteiger partial charge in [0.1, 0.15) is 5.75 Å². The predicted octanol–water partition coefficient (Wildman–Crippen LogP) is 4.32. The van der Waals surface area contributed by atoms with Gasteiger partial charge in [-0.3, -0.25) is 4.79 Å². The van der Waals surface area contributed by atoms with E-state index in [0.29, 0.717) is 0 Å². The van der Waals surface area contributed by atoms with Crippen molar-refractivity contribution in [2.24, 2.45) is 0 Å². The number of rotatable bonds is 3. The van der Waals surface area contributed by atoms with Crippen LogP contribution >= 0.6 is 27.3 Å². The van der Waals surface area contributed by atoms with Crippen molar-refractivity contribution < 1.29 is 9.90 Å². The number of hydrogen-bond donors (Lipinski definition) is 2. The van der Waals surface area contributed by atoms with E-state index in [9.17, 15) is 9.90 Å². The number of thiophene rings is 1. The summed E-state index contributed by atoms with van der Waals surface area (Å²) < 4.78 is 0.740. The van der Waals surface area contributed by atoms with Crippen molar-refractivity contribution >= 4 is 33.2 Å². The molecule has 1 aromatic carbocycles. The van der Waals surface area contributed by atoms with Crippen molar-refractivity contribution in [3.8, 4) is 5.75 Å². The zero-order valence-corrected chi connectivity index (χ0v) is 13.9. The molecule has 2 rings (SSSR count). The lowest BCUT2D eigenvalue weighted by molar-refractivity contribution is 0.0937. The maximum atomic E-state index is 12.2. The minimum Gasteiger partial charge on any atom is -0.507 e. The van der Waals surface area contributed by atoms with Crippen molar-refractivity contribution in [3.05, 3.63) is 49.6 Å². The molecule has 0 aliphatic carbocycles. The number of phenols is 1. The highest BCUT2D eigenvalue weighted by atomic mass is 79.9. The summed E-state index contributed by atoms with van der Waals surface area (Å²) in [7, 11) is 0. The predicted molar refractivity (Wildman–Crippen MR) is 85.5 cm³/mol. The molecule has 0 bridgehead atoms. The maximum absolute atomic E-state index is 12.2. The van der Waals surface area contributed by atoms with Crippen LogP contribution < -0.4 is 5.32 Å². The molecule has 0 radical (unpaired) electrons. The molecule has 5 heteroatoms. The highest BCUT2D eigenvalue weighted by Gasteiger charge is 2.17. The van der Waals surface area contributed by atoms with Crippen LogP contribution in [-0.4, -0.2) is 11.0 Å². The normalized spacial score (nSPS) is 12.2. The van der Waals surface area contributed by atoms with E-state index in [1.54, 1.807) is 23.5 Å². The van der Waals surface area contributed by atoms with Crippen molar-refractivity contribution in [1.29, 1.82) is 0 Å². The van der Waals surface area contributed by atoms with Gasteiger partial charge in [0.2, 0.25) is 0 Å². The fourth-order valence-electron chi connectivity index (χ4n) is 2.13. The molecule has 0 fully saturated rings. The van der Waals surface area contributed by atoms with Gasteiger partial charge in [-0.2, -0.15) is 0 Å². The van der Waals surface area contributed by atoms with Gasteiger partial charge in [-0.25, -0.2) is 0 Å². The average Bonchev–Trinajstić information content (AvgIpc) is 2.68. The Morgan fingerprint density at radius 2 is 2.05 bits per heavy atom. The van der Waals surface area contributed by atoms with E-state index in [2.05, 4.69) is 34.2 Å². The van der Waals surface area contributed by atoms with Gasteiger partial charge in [0.25, 0.3) is 5.91 Å². The molecule has 1 amide bonds. The smallest absolute Gasteiger partial charge is 0.255 e. The summed E-state index contributed by atoms with van der Waals surface area (Å²) in [5.41, 5.74) is 1.40. The average molecular weight is 354 g/mol. The third-order valence-corrected chi connectivity index (χ3v) is 4.57. The number of halogens is 1. The summed E-state index contributed by atoms with van der Waals surface area (Å²) in [6.07, 6.45) is 0. The van der Waals surface area contributed by atoms with E-state index in [4.69, 9.17) is 0 Å². The molecular weight excluding hydrogens is 338 g/mol. The van der Waals surface area contributed by atoms with Gasteiger partial charge >= 0.3 is 0 Å². The number of benzene rings is 1. The van der Waals surface area contributed by atoms with E-state index in [1.165, 1.54) is 15.8 Å². The zero-order chi connectivity index (χ0) is 14.9. The van der Waals surface area contributed by atoms with Gasteiger partial charge in [-0.05, 0) is 50.6 Å². The van der Waals surface area contributed by atoms with Crippen LogP contribution in [0.25, 0.3) is 0 Å². The van der Waals surface area contributed by atoms with E-state index in [1.807, 2.05) is 13.8 Å². The monoisotopic (exact) mass is 353 g/mol. The third kappa shape index (κ3) is 3.22. The third-order valence-electron chi connectivity index (χ3n) is 3.10. The minimum absolute atomic E-state index is 0.0257. The summed E-state index contributed by atoms with van der Waals surface area (Å²) in [6.45, 7) is 6.05. The molecule has 2 aromatic rings. The van der Waals surface area contributed by atoms with Gasteiger partial charge in [-0.1, -0.05) is 15.9 Å². The van der Waals surface area contributed by atoms with Crippen LogP contribution in [0.5, 0.6) is 5.75 Å². The van der Waals surface area contributed by atoms with Crippen molar-refractivity contribution in [1.82, 2.24) is 5.32 Å². The number of aryl methyl sites for hydroxylation is 2. The summed E-state index contributed by atoms with van der Waals surface area (Å²) in [5, 5.41) is 12.7. The molecule has 0 saturated carbocycles. The number of carbonyl (C=O) groups excluding carboxylic acids is 1. The number of hydrogen-bond acceptors (Lipinski definition) is 3. The topological polar surface area (TPSA) is 49.3 Å². The first-order valence-electron chi connectivity index (χ1n) is 6.25. The van der Waals surface area contributed by atoms with Crippen LogP contribution in [0.4, 0.5) is 0 Å². The Balaban J connectivity index is 2.17. The number of carbonyl (C=O) groups is 1. The van der Waals surface area contributed by atoms with Gasteiger partial charge < -0.3 is 10.4 Å². The number of phenolic OH excluding ortho intramolecular Hbond substituents is 1. The molecule has 106 valence electrons. The summed E-state index contributed by atoms with van der Waals surface area (Å²) in [5.74, 6) is -0.298. The molecule has 1 heterocycles. The molecule has 0 aliphatic rings. The lowest BCUT2D eigenvalue weighted by Crippen LogP contribution is -2.26. The van der Waals surface area contributed by atoms with Gasteiger partial charge in [0.15, 0.2) is 0 Å². The first kappa shape index (κ1) is 15.1. The summed E-state index contributed by atoms with van der Waals surface area (Å²) in [4.78, 5) is 14.6. The molecule has 0 spiro atoms. The molecule has 20 heavy (non-hydrogen) atoms. The van der Waals surface area contributed by atoms with E-state index in [0.717, 1.165) is 10.0 Å². The van der Waals surface area contributed by atoms with Crippen LogP contribution in [0.1, 0.15) is 38.6 Å². The molecule has 0 aliphatic heterocycles. The number of amides is 1. The highest BCUT2D eigenvalue weighted by molar-refractivity contribution is 9.10. The fourth-order valence-corrected chi connectivity index (χ4v) is 3.50. The first-order valence-corrected chi connectivity index (χ1v) is 7.85.